The van der Waals surface area contributed by atoms with Crippen LogP contribution in [0.3, 0.4) is 0 Å². The molecule has 0 bridgehead atoms. The Kier molecular flexibility index (Phi) is 13.6. The minimum atomic E-state index is 0. The van der Waals surface area contributed by atoms with Crippen LogP contribution in [-0.2, 0) is 12.8 Å². The summed E-state index contributed by atoms with van der Waals surface area (Å²) in [6, 6.07) is 28.1. The van der Waals surface area contributed by atoms with Crippen LogP contribution in [0.4, 0.5) is 0 Å². The first-order valence-corrected chi connectivity index (χ1v) is 12.9. The fraction of sp³-hybridized carbons (Fsp3) is 0.367. The van der Waals surface area contributed by atoms with Crippen molar-refractivity contribution in [3.8, 4) is 0 Å². The summed E-state index contributed by atoms with van der Waals surface area (Å²) in [6.45, 7) is 7.62. The molecule has 1 saturated heterocycles. The molecule has 38 heavy (non-hydrogen) atoms. The van der Waals surface area contributed by atoms with Crippen LogP contribution in [0.5, 0.6) is 0 Å². The smallest absolute Gasteiger partial charge is 0.251 e. The molecular formula is C30H39Cl3N4O. The van der Waals surface area contributed by atoms with E-state index >= 15 is 0 Å². The van der Waals surface area contributed by atoms with Gasteiger partial charge in [-0.05, 0) is 60.3 Å². The predicted molar refractivity (Wildman–Crippen MR) is 164 cm³/mol. The van der Waals surface area contributed by atoms with Crippen molar-refractivity contribution >= 4 is 43.1 Å². The zero-order chi connectivity index (χ0) is 23.9. The van der Waals surface area contributed by atoms with Gasteiger partial charge in [0.25, 0.3) is 5.91 Å². The summed E-state index contributed by atoms with van der Waals surface area (Å²) in [5, 5.41) is 6.58. The topological polar surface area (TPSA) is 47.6 Å². The van der Waals surface area contributed by atoms with E-state index in [2.05, 4.69) is 93.2 Å². The van der Waals surface area contributed by atoms with Crippen molar-refractivity contribution in [3.63, 3.8) is 0 Å². The molecule has 3 aromatic rings. The van der Waals surface area contributed by atoms with Gasteiger partial charge in [-0.2, -0.15) is 0 Å². The molecule has 0 unspecified atom stereocenters. The van der Waals surface area contributed by atoms with E-state index in [1.165, 1.54) is 22.3 Å². The lowest BCUT2D eigenvalue weighted by Crippen LogP contribution is -2.49. The molecule has 5 rings (SSSR count). The van der Waals surface area contributed by atoms with Crippen LogP contribution in [0.1, 0.15) is 38.7 Å². The molecule has 2 aliphatic rings. The Morgan fingerprint density at radius 2 is 1.34 bits per heavy atom. The van der Waals surface area contributed by atoms with Crippen LogP contribution in [0.15, 0.2) is 78.9 Å². The highest BCUT2D eigenvalue weighted by atomic mass is 35.5. The van der Waals surface area contributed by atoms with Crippen molar-refractivity contribution in [1.29, 1.82) is 0 Å². The van der Waals surface area contributed by atoms with E-state index in [9.17, 15) is 4.79 Å². The zero-order valence-electron chi connectivity index (χ0n) is 21.7. The quantitative estimate of drug-likeness (QED) is 0.425. The van der Waals surface area contributed by atoms with Crippen molar-refractivity contribution in [2.24, 2.45) is 0 Å². The molecular weight excluding hydrogens is 539 g/mol. The average Bonchev–Trinajstić information content (AvgIpc) is 3.16. The molecule has 2 aliphatic heterocycles. The molecule has 0 aliphatic carbocycles. The zero-order valence-corrected chi connectivity index (χ0v) is 24.1. The number of benzene rings is 3. The first-order valence-electron chi connectivity index (χ1n) is 12.9. The Balaban J connectivity index is 0.00000169. The number of halogens is 3. The van der Waals surface area contributed by atoms with Gasteiger partial charge >= 0.3 is 0 Å². The Labute approximate surface area is 245 Å². The first-order chi connectivity index (χ1) is 17.3. The molecule has 0 atom stereocenters. The maximum atomic E-state index is 12.8. The van der Waals surface area contributed by atoms with Gasteiger partial charge in [0.05, 0.1) is 6.04 Å². The van der Waals surface area contributed by atoms with Crippen LogP contribution >= 0.6 is 37.2 Å². The van der Waals surface area contributed by atoms with E-state index in [1.807, 2.05) is 6.07 Å². The van der Waals surface area contributed by atoms with Crippen LogP contribution < -0.4 is 10.6 Å². The molecule has 1 fully saturated rings. The molecule has 2 heterocycles. The molecule has 1 amide bonds. The summed E-state index contributed by atoms with van der Waals surface area (Å²) in [4.78, 5) is 17.8. The summed E-state index contributed by atoms with van der Waals surface area (Å²) >= 11 is 0. The summed E-state index contributed by atoms with van der Waals surface area (Å²) in [5.41, 5.74) is 6.15. The fourth-order valence-corrected chi connectivity index (χ4v) is 5.37. The first kappa shape index (κ1) is 32.1. The summed E-state index contributed by atoms with van der Waals surface area (Å²) in [5.74, 6) is 0.0388. The van der Waals surface area contributed by atoms with Crippen LogP contribution in [-0.4, -0.2) is 68.1 Å². The molecule has 3 aromatic carbocycles. The lowest BCUT2D eigenvalue weighted by atomic mass is 9.96. The SMILES string of the molecule is Cl.Cl.Cl.O=C(NCCN1CCN(C(c2ccccc2)c2ccccc2)CC1)c1ccc2c(c1)CCNCC2. The molecule has 0 radical (unpaired) electrons. The van der Waals surface area contributed by atoms with Crippen molar-refractivity contribution in [3.05, 3.63) is 107 Å². The third kappa shape index (κ3) is 8.19. The Bertz CT molecular complexity index is 1070. The minimum absolute atomic E-state index is 0. The third-order valence-electron chi connectivity index (χ3n) is 7.33. The minimum Gasteiger partial charge on any atom is -0.351 e. The van der Waals surface area contributed by atoms with Crippen molar-refractivity contribution in [2.45, 2.75) is 18.9 Å². The second-order valence-electron chi connectivity index (χ2n) is 9.59. The van der Waals surface area contributed by atoms with Gasteiger partial charge in [0.15, 0.2) is 0 Å². The standard InChI is InChI=1S/C30H36N4O.3ClH/c35-30(28-12-11-24-13-15-31-16-14-27(24)23-28)32-17-18-33-19-21-34(22-20-33)29(25-7-3-1-4-8-25)26-9-5-2-6-10-26;;;/h1-12,23,29,31H,13-22H2,(H,32,35);3*1H. The Morgan fingerprint density at radius 3 is 1.95 bits per heavy atom. The van der Waals surface area contributed by atoms with Gasteiger partial charge < -0.3 is 10.6 Å². The van der Waals surface area contributed by atoms with Gasteiger partial charge in [-0.15, -0.1) is 37.2 Å². The highest BCUT2D eigenvalue weighted by molar-refractivity contribution is 5.94. The highest BCUT2D eigenvalue weighted by Gasteiger charge is 2.26. The molecule has 0 spiro atoms. The third-order valence-corrected chi connectivity index (χ3v) is 7.33. The number of nitrogens with zero attached hydrogens (tertiary/aromatic N) is 2. The Morgan fingerprint density at radius 1 is 0.763 bits per heavy atom. The lowest BCUT2D eigenvalue weighted by Gasteiger charge is -2.39. The molecule has 8 heteroatoms. The van der Waals surface area contributed by atoms with E-state index in [1.54, 1.807) is 0 Å². The largest absolute Gasteiger partial charge is 0.351 e. The molecule has 206 valence electrons. The van der Waals surface area contributed by atoms with Crippen LogP contribution in [0.25, 0.3) is 0 Å². The number of nitrogens with one attached hydrogen (secondary N) is 2. The van der Waals surface area contributed by atoms with E-state index in [-0.39, 0.29) is 49.2 Å². The van der Waals surface area contributed by atoms with E-state index in [0.717, 1.165) is 64.2 Å². The second kappa shape index (κ2) is 16.1. The summed E-state index contributed by atoms with van der Waals surface area (Å²) < 4.78 is 0. The van der Waals surface area contributed by atoms with Gasteiger partial charge in [-0.25, -0.2) is 0 Å². The molecule has 2 N–H and O–H groups in total. The van der Waals surface area contributed by atoms with Gasteiger partial charge in [0.1, 0.15) is 0 Å². The molecule has 5 nitrogen and oxygen atoms in total. The predicted octanol–water partition coefficient (Wildman–Crippen LogP) is 4.78. The number of fused-ring (bicyclic) bond motifs is 1. The molecule has 0 aromatic heterocycles. The van der Waals surface area contributed by atoms with Gasteiger partial charge in [-0.3, -0.25) is 14.6 Å². The van der Waals surface area contributed by atoms with Crippen LogP contribution in [0.2, 0.25) is 0 Å². The number of amides is 1. The lowest BCUT2D eigenvalue weighted by molar-refractivity contribution is 0.0921. The fourth-order valence-electron chi connectivity index (χ4n) is 5.37. The molecule has 0 saturated carbocycles. The number of carbonyl (C=O) groups excluding carboxylic acids is 1. The normalized spacial score (nSPS) is 15.7. The maximum Gasteiger partial charge on any atom is 0.251 e. The second-order valence-corrected chi connectivity index (χ2v) is 9.59. The summed E-state index contributed by atoms with van der Waals surface area (Å²) in [7, 11) is 0. The summed E-state index contributed by atoms with van der Waals surface area (Å²) in [6.07, 6.45) is 2.03. The van der Waals surface area contributed by atoms with Gasteiger partial charge in [0.2, 0.25) is 0 Å². The monoisotopic (exact) mass is 576 g/mol. The van der Waals surface area contributed by atoms with Crippen molar-refractivity contribution in [2.75, 3.05) is 52.4 Å². The van der Waals surface area contributed by atoms with Crippen molar-refractivity contribution < 1.29 is 4.79 Å². The van der Waals surface area contributed by atoms with Gasteiger partial charge in [0, 0.05) is 44.8 Å². The van der Waals surface area contributed by atoms with E-state index < -0.39 is 0 Å². The number of carbonyl (C=O) groups is 1. The number of hydrogen-bond acceptors (Lipinski definition) is 4. The number of hydrogen-bond donors (Lipinski definition) is 2. The number of rotatable bonds is 7. The maximum absolute atomic E-state index is 12.8. The van der Waals surface area contributed by atoms with Crippen molar-refractivity contribution in [1.82, 2.24) is 20.4 Å². The number of piperazine rings is 1. The van der Waals surface area contributed by atoms with Crippen LogP contribution in [0, 0.1) is 0 Å². The average molecular weight is 578 g/mol. The highest BCUT2D eigenvalue weighted by Crippen LogP contribution is 2.29. The van der Waals surface area contributed by atoms with E-state index in [0.29, 0.717) is 6.54 Å². The Hall–Kier alpha value is -2.12. The van der Waals surface area contributed by atoms with Gasteiger partial charge in [-0.1, -0.05) is 66.7 Å². The van der Waals surface area contributed by atoms with E-state index in [4.69, 9.17) is 0 Å².